The van der Waals surface area contributed by atoms with Crippen LogP contribution in [0, 0.1) is 18.3 Å². The summed E-state index contributed by atoms with van der Waals surface area (Å²) in [4.78, 5) is 0. The predicted octanol–water partition coefficient (Wildman–Crippen LogP) is 2.42. The molecule has 0 saturated carbocycles. The van der Waals surface area contributed by atoms with E-state index in [0.717, 1.165) is 18.9 Å². The normalized spacial score (nSPS) is 12.9. The Morgan fingerprint density at radius 1 is 1.33 bits per heavy atom. The van der Waals surface area contributed by atoms with Crippen molar-refractivity contribution in [1.29, 1.82) is 0 Å². The van der Waals surface area contributed by atoms with Crippen molar-refractivity contribution in [2.75, 3.05) is 6.54 Å². The van der Waals surface area contributed by atoms with Gasteiger partial charge in [0.25, 0.3) is 0 Å². The number of nitrogens with one attached hydrogen (secondary N) is 1. The molecule has 0 aliphatic heterocycles. The highest BCUT2D eigenvalue weighted by molar-refractivity contribution is 4.87. The molecule has 0 heterocycles. The quantitative estimate of drug-likeness (QED) is 0.473. The van der Waals surface area contributed by atoms with Gasteiger partial charge in [0.2, 0.25) is 0 Å². The zero-order valence-corrected chi connectivity index (χ0v) is 8.56. The third-order valence-corrected chi connectivity index (χ3v) is 1.88. The van der Waals surface area contributed by atoms with Crippen LogP contribution in [0.3, 0.4) is 0 Å². The molecule has 0 aliphatic carbocycles. The summed E-state index contributed by atoms with van der Waals surface area (Å²) in [5.41, 5.74) is 0. The number of hydrogen-bond acceptors (Lipinski definition) is 1. The Kier molecular flexibility index (Phi) is 6.90. The van der Waals surface area contributed by atoms with E-state index in [0.29, 0.717) is 6.04 Å². The van der Waals surface area contributed by atoms with Gasteiger partial charge in [0.15, 0.2) is 0 Å². The van der Waals surface area contributed by atoms with E-state index in [1.807, 2.05) is 0 Å². The smallest absolute Gasteiger partial charge is 0.0238 e. The van der Waals surface area contributed by atoms with E-state index in [2.05, 4.69) is 32.0 Å². The summed E-state index contributed by atoms with van der Waals surface area (Å²) in [6.45, 7) is 7.74. The van der Waals surface area contributed by atoms with E-state index in [-0.39, 0.29) is 0 Å². The average Bonchev–Trinajstić information content (AvgIpc) is 1.98. The Hall–Kier alpha value is -0.480. The van der Waals surface area contributed by atoms with Crippen molar-refractivity contribution in [3.63, 3.8) is 0 Å². The van der Waals surface area contributed by atoms with Crippen LogP contribution in [-0.2, 0) is 0 Å². The topological polar surface area (TPSA) is 12.0 Å². The van der Waals surface area contributed by atoms with Crippen molar-refractivity contribution in [1.82, 2.24) is 5.32 Å². The molecule has 0 saturated heterocycles. The van der Waals surface area contributed by atoms with Crippen LogP contribution in [0.15, 0.2) is 0 Å². The van der Waals surface area contributed by atoms with Crippen molar-refractivity contribution in [2.45, 2.75) is 46.1 Å². The molecule has 0 radical (unpaired) electrons. The van der Waals surface area contributed by atoms with Gasteiger partial charge >= 0.3 is 0 Å². The second-order valence-electron chi connectivity index (χ2n) is 3.80. The molecule has 1 N–H and O–H groups in total. The van der Waals surface area contributed by atoms with Gasteiger partial charge in [-0.15, -0.1) is 12.3 Å². The molecule has 0 amide bonds. The van der Waals surface area contributed by atoms with Crippen LogP contribution >= 0.6 is 0 Å². The second-order valence-corrected chi connectivity index (χ2v) is 3.80. The zero-order chi connectivity index (χ0) is 9.40. The molecule has 0 spiro atoms. The summed E-state index contributed by atoms with van der Waals surface area (Å²) in [6.07, 6.45) is 8.58. The van der Waals surface area contributed by atoms with E-state index in [1.165, 1.54) is 12.8 Å². The summed E-state index contributed by atoms with van der Waals surface area (Å²) in [7, 11) is 0. The molecule has 0 rings (SSSR count). The summed E-state index contributed by atoms with van der Waals surface area (Å²) >= 11 is 0. The van der Waals surface area contributed by atoms with Crippen molar-refractivity contribution >= 4 is 0 Å². The minimum Gasteiger partial charge on any atom is -0.313 e. The largest absolute Gasteiger partial charge is 0.313 e. The van der Waals surface area contributed by atoms with Gasteiger partial charge in [0, 0.05) is 12.5 Å². The molecule has 0 aliphatic rings. The van der Waals surface area contributed by atoms with E-state index < -0.39 is 0 Å². The maximum atomic E-state index is 5.19. The third-order valence-electron chi connectivity index (χ3n) is 1.88. The standard InChI is InChI=1S/C11H21N/c1-5-7-11(4)12-9-6-8-10(2)3/h1,10-12H,6-9H2,2-4H3. The van der Waals surface area contributed by atoms with Crippen LogP contribution in [0.2, 0.25) is 0 Å². The fourth-order valence-electron chi connectivity index (χ4n) is 1.11. The molecule has 0 bridgehead atoms. The lowest BCUT2D eigenvalue weighted by atomic mass is 10.1. The maximum absolute atomic E-state index is 5.19. The zero-order valence-electron chi connectivity index (χ0n) is 8.56. The van der Waals surface area contributed by atoms with E-state index >= 15 is 0 Å². The molecule has 0 aromatic heterocycles. The Morgan fingerprint density at radius 3 is 2.50 bits per heavy atom. The van der Waals surface area contributed by atoms with Gasteiger partial charge < -0.3 is 5.32 Å². The number of rotatable bonds is 6. The van der Waals surface area contributed by atoms with Crippen molar-refractivity contribution in [3.05, 3.63) is 0 Å². The highest BCUT2D eigenvalue weighted by Gasteiger charge is 1.98. The van der Waals surface area contributed by atoms with Gasteiger partial charge in [0.05, 0.1) is 0 Å². The molecule has 0 fully saturated rings. The maximum Gasteiger partial charge on any atom is 0.0238 e. The lowest BCUT2D eigenvalue weighted by Crippen LogP contribution is -2.26. The lowest BCUT2D eigenvalue weighted by molar-refractivity contribution is 0.493. The number of hydrogen-bond donors (Lipinski definition) is 1. The highest BCUT2D eigenvalue weighted by Crippen LogP contribution is 2.02. The van der Waals surface area contributed by atoms with Crippen molar-refractivity contribution in [2.24, 2.45) is 5.92 Å². The van der Waals surface area contributed by atoms with E-state index in [4.69, 9.17) is 6.42 Å². The molecule has 1 atom stereocenters. The molecule has 1 unspecified atom stereocenters. The van der Waals surface area contributed by atoms with Gasteiger partial charge in [-0.2, -0.15) is 0 Å². The first-order chi connectivity index (χ1) is 5.66. The minimum atomic E-state index is 0.474. The van der Waals surface area contributed by atoms with Gasteiger partial charge in [0.1, 0.15) is 0 Å². The molecule has 12 heavy (non-hydrogen) atoms. The van der Waals surface area contributed by atoms with Crippen molar-refractivity contribution < 1.29 is 0 Å². The molecule has 0 aromatic carbocycles. The lowest BCUT2D eigenvalue weighted by Gasteiger charge is -2.11. The van der Waals surface area contributed by atoms with E-state index in [9.17, 15) is 0 Å². The third kappa shape index (κ3) is 7.63. The molecule has 1 heteroatoms. The van der Waals surface area contributed by atoms with Crippen LogP contribution in [-0.4, -0.2) is 12.6 Å². The van der Waals surface area contributed by atoms with Crippen molar-refractivity contribution in [3.8, 4) is 12.3 Å². The fourth-order valence-corrected chi connectivity index (χ4v) is 1.11. The van der Waals surface area contributed by atoms with Crippen LogP contribution in [0.1, 0.15) is 40.0 Å². The first kappa shape index (κ1) is 11.5. The summed E-state index contributed by atoms with van der Waals surface area (Å²) in [6, 6.07) is 0.474. The highest BCUT2D eigenvalue weighted by atomic mass is 14.9. The fraction of sp³-hybridized carbons (Fsp3) is 0.818. The molecular formula is C11H21N. The average molecular weight is 167 g/mol. The van der Waals surface area contributed by atoms with E-state index in [1.54, 1.807) is 0 Å². The first-order valence-corrected chi connectivity index (χ1v) is 4.83. The predicted molar refractivity (Wildman–Crippen MR) is 55.0 cm³/mol. The Labute approximate surface area is 76.9 Å². The van der Waals surface area contributed by atoms with Crippen LogP contribution < -0.4 is 5.32 Å². The molecule has 0 aromatic rings. The van der Waals surface area contributed by atoms with Crippen LogP contribution in [0.5, 0.6) is 0 Å². The van der Waals surface area contributed by atoms with Crippen LogP contribution in [0.4, 0.5) is 0 Å². The molecule has 1 nitrogen and oxygen atoms in total. The molecule has 70 valence electrons. The summed E-state index contributed by atoms with van der Waals surface area (Å²) < 4.78 is 0. The summed E-state index contributed by atoms with van der Waals surface area (Å²) in [5.74, 6) is 3.47. The monoisotopic (exact) mass is 167 g/mol. The van der Waals surface area contributed by atoms with Gasteiger partial charge in [-0.3, -0.25) is 0 Å². The Balaban J connectivity index is 3.15. The minimum absolute atomic E-state index is 0.474. The Morgan fingerprint density at radius 2 is 2.00 bits per heavy atom. The van der Waals surface area contributed by atoms with Crippen LogP contribution in [0.25, 0.3) is 0 Å². The Bertz CT molecular complexity index is 132. The number of terminal acetylenes is 1. The van der Waals surface area contributed by atoms with Gasteiger partial charge in [-0.05, 0) is 32.2 Å². The second kappa shape index (κ2) is 7.18. The van der Waals surface area contributed by atoms with Gasteiger partial charge in [-0.1, -0.05) is 13.8 Å². The van der Waals surface area contributed by atoms with Gasteiger partial charge in [-0.25, -0.2) is 0 Å². The SMILES string of the molecule is C#CCC(C)NCCCC(C)C. The molecular weight excluding hydrogens is 146 g/mol. The summed E-state index contributed by atoms with van der Waals surface area (Å²) in [5, 5.41) is 3.40. The first-order valence-electron chi connectivity index (χ1n) is 4.83.